The monoisotopic (exact) mass is 354 g/mol. The van der Waals surface area contributed by atoms with E-state index in [9.17, 15) is 5.11 Å². The van der Waals surface area contributed by atoms with Crippen LogP contribution in [0.1, 0.15) is 44.1 Å². The summed E-state index contributed by atoms with van der Waals surface area (Å²) in [7, 11) is 1.61. The summed E-state index contributed by atoms with van der Waals surface area (Å²) in [5, 5.41) is 9.94. The lowest BCUT2D eigenvalue weighted by molar-refractivity contribution is -0.949. The van der Waals surface area contributed by atoms with E-state index in [-0.39, 0.29) is 5.75 Å². The molecular weight excluding hydrogens is 330 g/mol. The van der Waals surface area contributed by atoms with Crippen molar-refractivity contribution in [1.29, 1.82) is 0 Å². The number of halogens is 1. The second-order valence-corrected chi connectivity index (χ2v) is 7.36. The van der Waals surface area contributed by atoms with Crippen molar-refractivity contribution in [2.45, 2.75) is 51.1 Å². The van der Waals surface area contributed by atoms with E-state index >= 15 is 0 Å². The van der Waals surface area contributed by atoms with Crippen LogP contribution in [-0.2, 0) is 6.54 Å². The number of aromatic hydroxyl groups is 1. The molecule has 21 heavy (non-hydrogen) atoms. The first-order valence-electron chi connectivity index (χ1n) is 8.09. The lowest BCUT2D eigenvalue weighted by atomic mass is 9.78. The molecule has 1 aromatic rings. The molecule has 2 fully saturated rings. The maximum atomic E-state index is 9.94. The Bertz CT molecular complexity index is 504. The van der Waals surface area contributed by atoms with Gasteiger partial charge in [-0.25, -0.2) is 0 Å². The number of likely N-dealkylation sites (tertiary alicyclic amines) is 1. The van der Waals surface area contributed by atoms with Crippen LogP contribution in [-0.4, -0.2) is 24.8 Å². The third-order valence-electron chi connectivity index (χ3n) is 5.25. The van der Waals surface area contributed by atoms with Gasteiger partial charge in [-0.15, -0.1) is 0 Å². The minimum Gasteiger partial charge on any atom is -0.503 e. The summed E-state index contributed by atoms with van der Waals surface area (Å²) < 4.78 is 6.00. The summed E-state index contributed by atoms with van der Waals surface area (Å²) >= 11 is 3.43. The van der Waals surface area contributed by atoms with Gasteiger partial charge in [-0.05, 0) is 60.2 Å². The fourth-order valence-electron chi connectivity index (χ4n) is 4.23. The summed E-state index contributed by atoms with van der Waals surface area (Å²) in [6, 6.07) is 4.86. The molecule has 3 rings (SSSR count). The number of ether oxygens (including phenoxy) is 1. The highest BCUT2D eigenvalue weighted by atomic mass is 79.9. The standard InChI is InChI=1S/C17H24BrNO2/c1-21-16-10-12(9-14(18)17(16)20)11-19-8-4-6-13-5-2-3-7-15(13)19/h9-10,13,15,20H,2-8,11H2,1H3/p+1/t13-,15+/m1/s1. The highest BCUT2D eigenvalue weighted by Gasteiger charge is 2.36. The van der Waals surface area contributed by atoms with Gasteiger partial charge >= 0.3 is 0 Å². The molecule has 1 aliphatic heterocycles. The van der Waals surface area contributed by atoms with Crippen molar-refractivity contribution in [3.63, 3.8) is 0 Å². The molecule has 1 aliphatic carbocycles. The number of fused-ring (bicyclic) bond motifs is 1. The van der Waals surface area contributed by atoms with E-state index in [2.05, 4.69) is 15.9 Å². The van der Waals surface area contributed by atoms with E-state index in [1.807, 2.05) is 12.1 Å². The van der Waals surface area contributed by atoms with E-state index in [4.69, 9.17) is 4.74 Å². The fourth-order valence-corrected chi connectivity index (χ4v) is 4.72. The molecule has 3 nitrogen and oxygen atoms in total. The number of hydrogen-bond acceptors (Lipinski definition) is 2. The van der Waals surface area contributed by atoms with Gasteiger partial charge in [0.1, 0.15) is 6.54 Å². The van der Waals surface area contributed by atoms with Gasteiger partial charge in [0, 0.05) is 11.5 Å². The Kier molecular flexibility index (Phi) is 4.75. The van der Waals surface area contributed by atoms with E-state index in [1.165, 1.54) is 50.6 Å². The SMILES string of the molecule is COc1cc(C[NH+]2CCC[C@H]3CCCC[C@@H]32)cc(Br)c1O. The highest BCUT2D eigenvalue weighted by molar-refractivity contribution is 9.10. The molecule has 1 unspecified atom stereocenters. The maximum Gasteiger partial charge on any atom is 0.172 e. The molecule has 116 valence electrons. The largest absolute Gasteiger partial charge is 0.503 e. The zero-order valence-corrected chi connectivity index (χ0v) is 14.3. The molecule has 1 aromatic carbocycles. The van der Waals surface area contributed by atoms with Crippen LogP contribution in [0.15, 0.2) is 16.6 Å². The number of hydrogen-bond donors (Lipinski definition) is 2. The van der Waals surface area contributed by atoms with Crippen LogP contribution >= 0.6 is 15.9 Å². The minimum atomic E-state index is 0.199. The van der Waals surface area contributed by atoms with E-state index in [1.54, 1.807) is 12.0 Å². The first kappa shape index (κ1) is 15.2. The average molecular weight is 355 g/mol. The molecule has 3 atom stereocenters. The first-order chi connectivity index (χ1) is 10.2. The number of quaternary nitrogens is 1. The Balaban J connectivity index is 1.77. The highest BCUT2D eigenvalue weighted by Crippen LogP contribution is 2.35. The molecule has 1 saturated heterocycles. The number of phenols is 1. The molecule has 1 saturated carbocycles. The van der Waals surface area contributed by atoms with Crippen molar-refractivity contribution >= 4 is 15.9 Å². The van der Waals surface area contributed by atoms with Crippen molar-refractivity contribution < 1.29 is 14.7 Å². The van der Waals surface area contributed by atoms with Crippen LogP contribution in [0.3, 0.4) is 0 Å². The van der Waals surface area contributed by atoms with Gasteiger partial charge in [0.15, 0.2) is 11.5 Å². The molecule has 4 heteroatoms. The smallest absolute Gasteiger partial charge is 0.172 e. The van der Waals surface area contributed by atoms with E-state index in [0.29, 0.717) is 5.75 Å². The normalized spacial score (nSPS) is 29.0. The van der Waals surface area contributed by atoms with Gasteiger partial charge in [-0.3, -0.25) is 0 Å². The lowest BCUT2D eigenvalue weighted by Crippen LogP contribution is -3.16. The predicted octanol–water partition coefficient (Wildman–Crippen LogP) is 2.90. The molecule has 1 heterocycles. The first-order valence-corrected chi connectivity index (χ1v) is 8.88. The Morgan fingerprint density at radius 2 is 2.00 bits per heavy atom. The Morgan fingerprint density at radius 1 is 1.24 bits per heavy atom. The third-order valence-corrected chi connectivity index (χ3v) is 5.85. The zero-order valence-electron chi connectivity index (χ0n) is 12.7. The molecular formula is C17H25BrNO2+. The van der Waals surface area contributed by atoms with Crippen LogP contribution in [0, 0.1) is 5.92 Å². The summed E-state index contributed by atoms with van der Waals surface area (Å²) in [6.07, 6.45) is 8.41. The fraction of sp³-hybridized carbons (Fsp3) is 0.647. The second-order valence-electron chi connectivity index (χ2n) is 6.51. The van der Waals surface area contributed by atoms with Crippen LogP contribution in [0.2, 0.25) is 0 Å². The minimum absolute atomic E-state index is 0.199. The van der Waals surface area contributed by atoms with Gasteiger partial charge < -0.3 is 14.7 Å². The number of nitrogens with one attached hydrogen (secondary N) is 1. The topological polar surface area (TPSA) is 33.9 Å². The summed E-state index contributed by atoms with van der Waals surface area (Å²) in [5.74, 6) is 1.70. The van der Waals surface area contributed by atoms with Crippen LogP contribution in [0.4, 0.5) is 0 Å². The molecule has 0 bridgehead atoms. The Labute approximate surface area is 135 Å². The van der Waals surface area contributed by atoms with Crippen LogP contribution in [0.25, 0.3) is 0 Å². The Morgan fingerprint density at radius 3 is 2.81 bits per heavy atom. The number of methoxy groups -OCH3 is 1. The summed E-state index contributed by atoms with van der Waals surface area (Å²) in [4.78, 5) is 1.73. The second kappa shape index (κ2) is 6.57. The average Bonchev–Trinajstić information content (AvgIpc) is 2.51. The van der Waals surface area contributed by atoms with Crippen molar-refractivity contribution in [2.24, 2.45) is 5.92 Å². The van der Waals surface area contributed by atoms with Gasteiger partial charge in [0.25, 0.3) is 0 Å². The van der Waals surface area contributed by atoms with Gasteiger partial charge in [-0.1, -0.05) is 6.42 Å². The molecule has 0 radical (unpaired) electrons. The van der Waals surface area contributed by atoms with Gasteiger partial charge in [0.2, 0.25) is 0 Å². The molecule has 0 amide bonds. The predicted molar refractivity (Wildman–Crippen MR) is 86.9 cm³/mol. The number of rotatable bonds is 3. The van der Waals surface area contributed by atoms with Crippen LogP contribution < -0.4 is 9.64 Å². The summed E-state index contributed by atoms with van der Waals surface area (Å²) in [6.45, 7) is 2.32. The van der Waals surface area contributed by atoms with Gasteiger partial charge in [0.05, 0.1) is 24.2 Å². The number of phenolic OH excluding ortho intramolecular Hbond substituents is 1. The number of benzene rings is 1. The van der Waals surface area contributed by atoms with Crippen molar-refractivity contribution in [1.82, 2.24) is 0 Å². The Hall–Kier alpha value is -0.740. The molecule has 0 spiro atoms. The van der Waals surface area contributed by atoms with Crippen LogP contribution in [0.5, 0.6) is 11.5 Å². The molecule has 2 N–H and O–H groups in total. The van der Waals surface area contributed by atoms with Crippen molar-refractivity contribution in [3.8, 4) is 11.5 Å². The van der Waals surface area contributed by atoms with E-state index in [0.717, 1.165) is 23.0 Å². The lowest BCUT2D eigenvalue weighted by Gasteiger charge is -2.41. The maximum absolute atomic E-state index is 9.94. The van der Waals surface area contributed by atoms with Crippen molar-refractivity contribution in [2.75, 3.05) is 13.7 Å². The molecule has 0 aromatic heterocycles. The summed E-state index contributed by atoms with van der Waals surface area (Å²) in [5.41, 5.74) is 1.25. The number of piperidine rings is 1. The molecule has 2 aliphatic rings. The van der Waals surface area contributed by atoms with Gasteiger partial charge in [-0.2, -0.15) is 0 Å². The van der Waals surface area contributed by atoms with E-state index < -0.39 is 0 Å². The quantitative estimate of drug-likeness (QED) is 0.874. The zero-order chi connectivity index (χ0) is 14.8. The van der Waals surface area contributed by atoms with Crippen molar-refractivity contribution in [3.05, 3.63) is 22.2 Å². The third kappa shape index (κ3) is 3.21.